The Labute approximate surface area is 133 Å². The van der Waals surface area contributed by atoms with E-state index in [0.29, 0.717) is 18.5 Å². The molecule has 2 amide bonds. The van der Waals surface area contributed by atoms with E-state index in [0.717, 1.165) is 12.8 Å². The lowest BCUT2D eigenvalue weighted by Crippen LogP contribution is -2.17. The van der Waals surface area contributed by atoms with Gasteiger partial charge in [0.05, 0.1) is 0 Å². The summed E-state index contributed by atoms with van der Waals surface area (Å²) in [6.45, 7) is 0. The molecule has 0 radical (unpaired) electrons. The summed E-state index contributed by atoms with van der Waals surface area (Å²) >= 11 is 0. The second-order valence-electron chi connectivity index (χ2n) is 5.03. The number of hydrogen-bond donors (Lipinski definition) is 5. The van der Waals surface area contributed by atoms with Gasteiger partial charge in [0, 0.05) is 24.6 Å². The Balaban J connectivity index is 2.28. The average molecular weight is 324 g/mol. The standard InChI is InChI=1S/C15H20N2O6/c18-12-9-10(7-8-11(12)15(21)22)16-13(19)5-3-1-2-4-6-14(20)17-23/h7-9,18,23H,1-6H2,(H,16,19)(H,17,20)(H,21,22). The van der Waals surface area contributed by atoms with Gasteiger partial charge < -0.3 is 15.5 Å². The van der Waals surface area contributed by atoms with Gasteiger partial charge in [0.2, 0.25) is 11.8 Å². The van der Waals surface area contributed by atoms with E-state index >= 15 is 0 Å². The zero-order valence-corrected chi connectivity index (χ0v) is 12.5. The molecular weight excluding hydrogens is 304 g/mol. The number of carbonyl (C=O) groups excluding carboxylic acids is 2. The molecule has 0 saturated heterocycles. The predicted octanol–water partition coefficient (Wildman–Crippen LogP) is 1.87. The Hall–Kier alpha value is -2.61. The van der Waals surface area contributed by atoms with Crippen LogP contribution in [0.3, 0.4) is 0 Å². The molecule has 0 aromatic heterocycles. The van der Waals surface area contributed by atoms with Crippen LogP contribution in [-0.4, -0.2) is 33.2 Å². The molecule has 8 nitrogen and oxygen atoms in total. The zero-order chi connectivity index (χ0) is 17.2. The molecule has 126 valence electrons. The van der Waals surface area contributed by atoms with Gasteiger partial charge in [-0.1, -0.05) is 12.8 Å². The van der Waals surface area contributed by atoms with Crippen LogP contribution in [0.2, 0.25) is 0 Å². The maximum Gasteiger partial charge on any atom is 0.339 e. The molecule has 5 N–H and O–H groups in total. The zero-order valence-electron chi connectivity index (χ0n) is 12.5. The number of carboxylic acids is 1. The van der Waals surface area contributed by atoms with Crippen molar-refractivity contribution in [3.63, 3.8) is 0 Å². The van der Waals surface area contributed by atoms with Crippen LogP contribution in [0.5, 0.6) is 5.75 Å². The van der Waals surface area contributed by atoms with Gasteiger partial charge in [-0.15, -0.1) is 0 Å². The molecular formula is C15H20N2O6. The third-order valence-corrected chi connectivity index (χ3v) is 3.19. The van der Waals surface area contributed by atoms with E-state index in [1.54, 1.807) is 5.48 Å². The van der Waals surface area contributed by atoms with Crippen LogP contribution in [0.25, 0.3) is 0 Å². The average Bonchev–Trinajstić information content (AvgIpc) is 2.50. The molecule has 8 heteroatoms. The molecule has 1 aromatic carbocycles. The summed E-state index contributed by atoms with van der Waals surface area (Å²) in [4.78, 5) is 33.2. The normalized spacial score (nSPS) is 10.1. The molecule has 0 bridgehead atoms. The van der Waals surface area contributed by atoms with E-state index in [9.17, 15) is 19.5 Å². The maximum absolute atomic E-state index is 11.7. The summed E-state index contributed by atoms with van der Waals surface area (Å²) < 4.78 is 0. The molecule has 0 aliphatic rings. The van der Waals surface area contributed by atoms with Crippen LogP contribution in [0.1, 0.15) is 48.9 Å². The Kier molecular flexibility index (Phi) is 7.55. The number of aromatic hydroxyl groups is 1. The number of hydroxylamine groups is 1. The van der Waals surface area contributed by atoms with E-state index < -0.39 is 17.6 Å². The van der Waals surface area contributed by atoms with Gasteiger partial charge >= 0.3 is 5.97 Å². The van der Waals surface area contributed by atoms with E-state index in [1.165, 1.54) is 18.2 Å². The molecule has 0 aliphatic carbocycles. The molecule has 23 heavy (non-hydrogen) atoms. The lowest BCUT2D eigenvalue weighted by Gasteiger charge is -2.07. The van der Waals surface area contributed by atoms with E-state index in [1.807, 2.05) is 0 Å². The molecule has 0 heterocycles. The van der Waals surface area contributed by atoms with Gasteiger partial charge in [-0.25, -0.2) is 10.3 Å². The van der Waals surface area contributed by atoms with Crippen molar-refractivity contribution in [2.45, 2.75) is 38.5 Å². The Morgan fingerprint density at radius 2 is 1.57 bits per heavy atom. The van der Waals surface area contributed by atoms with Crippen LogP contribution in [0.4, 0.5) is 5.69 Å². The highest BCUT2D eigenvalue weighted by Gasteiger charge is 2.10. The smallest absolute Gasteiger partial charge is 0.339 e. The summed E-state index contributed by atoms with van der Waals surface area (Å²) in [6, 6.07) is 3.82. The minimum absolute atomic E-state index is 0.227. The second-order valence-corrected chi connectivity index (χ2v) is 5.03. The first-order valence-corrected chi connectivity index (χ1v) is 7.23. The highest BCUT2D eigenvalue weighted by atomic mass is 16.5. The van der Waals surface area contributed by atoms with Crippen LogP contribution in [0, 0.1) is 0 Å². The van der Waals surface area contributed by atoms with E-state index in [-0.39, 0.29) is 24.3 Å². The monoisotopic (exact) mass is 324 g/mol. The molecule has 0 atom stereocenters. The number of rotatable bonds is 9. The van der Waals surface area contributed by atoms with Gasteiger partial charge in [0.25, 0.3) is 0 Å². The number of phenols is 1. The number of benzene rings is 1. The van der Waals surface area contributed by atoms with Gasteiger partial charge in [-0.05, 0) is 25.0 Å². The molecule has 0 fully saturated rings. The van der Waals surface area contributed by atoms with Crippen molar-refractivity contribution < 1.29 is 29.8 Å². The van der Waals surface area contributed by atoms with Crippen LogP contribution >= 0.6 is 0 Å². The van der Waals surface area contributed by atoms with Crippen LogP contribution in [0.15, 0.2) is 18.2 Å². The van der Waals surface area contributed by atoms with Gasteiger partial charge in [0.1, 0.15) is 11.3 Å². The van der Waals surface area contributed by atoms with Gasteiger partial charge in [-0.2, -0.15) is 0 Å². The summed E-state index contributed by atoms with van der Waals surface area (Å²) in [5, 5.41) is 29.2. The van der Waals surface area contributed by atoms with Crippen LogP contribution < -0.4 is 10.8 Å². The number of nitrogens with one attached hydrogen (secondary N) is 2. The van der Waals surface area contributed by atoms with Crippen molar-refractivity contribution in [1.29, 1.82) is 0 Å². The Morgan fingerprint density at radius 1 is 0.957 bits per heavy atom. The number of carbonyl (C=O) groups is 3. The number of unbranched alkanes of at least 4 members (excludes halogenated alkanes) is 3. The first-order chi connectivity index (χ1) is 10.9. The fourth-order valence-electron chi connectivity index (χ4n) is 1.99. The van der Waals surface area contributed by atoms with Crippen molar-refractivity contribution in [2.24, 2.45) is 0 Å². The number of anilines is 1. The molecule has 1 rings (SSSR count). The molecule has 0 unspecified atom stereocenters. The fraction of sp³-hybridized carbons (Fsp3) is 0.400. The summed E-state index contributed by atoms with van der Waals surface area (Å²) in [7, 11) is 0. The largest absolute Gasteiger partial charge is 0.507 e. The molecule has 0 saturated carbocycles. The van der Waals surface area contributed by atoms with Crippen molar-refractivity contribution in [2.75, 3.05) is 5.32 Å². The van der Waals surface area contributed by atoms with Gasteiger partial charge in [-0.3, -0.25) is 14.8 Å². The number of carboxylic acid groups (broad SMARTS) is 1. The minimum Gasteiger partial charge on any atom is -0.507 e. The highest BCUT2D eigenvalue weighted by molar-refractivity contribution is 5.94. The summed E-state index contributed by atoms with van der Waals surface area (Å²) in [5.74, 6) is -2.30. The molecule has 1 aromatic rings. The lowest BCUT2D eigenvalue weighted by molar-refractivity contribution is -0.129. The third-order valence-electron chi connectivity index (χ3n) is 3.19. The highest BCUT2D eigenvalue weighted by Crippen LogP contribution is 2.22. The van der Waals surface area contributed by atoms with Gasteiger partial charge in [0.15, 0.2) is 0 Å². The van der Waals surface area contributed by atoms with Crippen molar-refractivity contribution in [3.05, 3.63) is 23.8 Å². The lowest BCUT2D eigenvalue weighted by atomic mass is 10.1. The maximum atomic E-state index is 11.7. The third kappa shape index (κ3) is 6.79. The Bertz CT molecular complexity index is 573. The topological polar surface area (TPSA) is 136 Å². The fourth-order valence-corrected chi connectivity index (χ4v) is 1.99. The number of hydrogen-bond acceptors (Lipinski definition) is 5. The summed E-state index contributed by atoms with van der Waals surface area (Å²) in [5.41, 5.74) is 1.66. The number of aromatic carboxylic acids is 1. The SMILES string of the molecule is O=C(CCCCCCC(=O)Nc1ccc(C(=O)O)c(O)c1)NO. The van der Waals surface area contributed by atoms with E-state index in [2.05, 4.69) is 5.32 Å². The summed E-state index contributed by atoms with van der Waals surface area (Å²) in [6.07, 6.45) is 3.36. The van der Waals surface area contributed by atoms with Crippen LogP contribution in [-0.2, 0) is 9.59 Å². The van der Waals surface area contributed by atoms with Crippen molar-refractivity contribution in [1.82, 2.24) is 5.48 Å². The van der Waals surface area contributed by atoms with Crippen molar-refractivity contribution >= 4 is 23.5 Å². The first-order valence-electron chi connectivity index (χ1n) is 7.23. The minimum atomic E-state index is -1.24. The first kappa shape index (κ1) is 18.4. The Morgan fingerprint density at radius 3 is 2.09 bits per heavy atom. The van der Waals surface area contributed by atoms with Crippen molar-refractivity contribution in [3.8, 4) is 5.75 Å². The second kappa shape index (κ2) is 9.42. The van der Waals surface area contributed by atoms with E-state index in [4.69, 9.17) is 10.3 Å². The molecule has 0 aliphatic heterocycles. The quantitative estimate of drug-likeness (QED) is 0.267. The number of amides is 2. The molecule has 0 spiro atoms. The predicted molar refractivity (Wildman–Crippen MR) is 81.3 cm³/mol.